The third kappa shape index (κ3) is 5.25. The number of aryl methyl sites for hydroxylation is 1. The number of rotatable bonds is 6. The number of fused-ring (bicyclic) bond motifs is 1. The zero-order valence-electron chi connectivity index (χ0n) is 20.5. The second kappa shape index (κ2) is 10.2. The van der Waals surface area contributed by atoms with Gasteiger partial charge >= 0.3 is 0 Å². The predicted octanol–water partition coefficient (Wildman–Crippen LogP) is 4.59. The van der Waals surface area contributed by atoms with E-state index in [0.29, 0.717) is 42.2 Å². The van der Waals surface area contributed by atoms with Crippen molar-refractivity contribution in [2.75, 3.05) is 26.2 Å². The number of likely N-dealkylation sites (tertiary alicyclic amines) is 1. The summed E-state index contributed by atoms with van der Waals surface area (Å²) in [7, 11) is 0. The summed E-state index contributed by atoms with van der Waals surface area (Å²) in [6.07, 6.45) is 3.89. The normalized spacial score (nSPS) is 19.7. The lowest BCUT2D eigenvalue weighted by Gasteiger charge is -2.34. The number of ether oxygens (including phenoxy) is 1. The van der Waals surface area contributed by atoms with Crippen LogP contribution in [0.2, 0.25) is 0 Å². The molecule has 2 aromatic carbocycles. The van der Waals surface area contributed by atoms with Gasteiger partial charge in [-0.05, 0) is 68.9 Å². The van der Waals surface area contributed by atoms with Gasteiger partial charge in [0, 0.05) is 43.3 Å². The van der Waals surface area contributed by atoms with E-state index in [1.165, 1.54) is 5.56 Å². The molecular formula is C28H33N3O4. The highest BCUT2D eigenvalue weighted by Gasteiger charge is 2.30. The molecule has 2 saturated heterocycles. The molecule has 2 atom stereocenters. The van der Waals surface area contributed by atoms with Crippen molar-refractivity contribution in [2.24, 2.45) is 11.8 Å². The number of hydrogen-bond donors (Lipinski definition) is 1. The molecule has 0 saturated carbocycles. The molecule has 184 valence electrons. The number of amides is 2. The molecular weight excluding hydrogens is 442 g/mol. The number of carbonyl (C=O) groups is 2. The van der Waals surface area contributed by atoms with Crippen LogP contribution in [0.1, 0.15) is 48.5 Å². The van der Waals surface area contributed by atoms with Crippen LogP contribution in [-0.4, -0.2) is 54.0 Å². The fraction of sp³-hybridized carbons (Fsp3) is 0.464. The number of aromatic nitrogens is 1. The van der Waals surface area contributed by atoms with Crippen LogP contribution in [0.5, 0.6) is 0 Å². The highest BCUT2D eigenvalue weighted by molar-refractivity contribution is 5.97. The number of benzene rings is 2. The summed E-state index contributed by atoms with van der Waals surface area (Å²) in [6.45, 7) is 6.73. The maximum absolute atomic E-state index is 13.2. The van der Waals surface area contributed by atoms with Crippen molar-refractivity contribution in [3.63, 3.8) is 0 Å². The van der Waals surface area contributed by atoms with Crippen LogP contribution >= 0.6 is 0 Å². The minimum absolute atomic E-state index is 0.000669. The minimum Gasteiger partial charge on any atom is -0.436 e. The van der Waals surface area contributed by atoms with E-state index >= 15 is 0 Å². The van der Waals surface area contributed by atoms with Gasteiger partial charge in [0.2, 0.25) is 11.8 Å². The van der Waals surface area contributed by atoms with Gasteiger partial charge in [-0.2, -0.15) is 0 Å². The molecule has 2 aliphatic heterocycles. The highest BCUT2D eigenvalue weighted by atomic mass is 16.5. The van der Waals surface area contributed by atoms with Crippen LogP contribution < -0.4 is 5.32 Å². The third-order valence-corrected chi connectivity index (χ3v) is 7.41. The zero-order chi connectivity index (χ0) is 24.4. The Bertz CT molecular complexity index is 1190. The monoisotopic (exact) mass is 475 g/mol. The van der Waals surface area contributed by atoms with Crippen molar-refractivity contribution in [1.82, 2.24) is 15.2 Å². The molecule has 0 aliphatic carbocycles. The van der Waals surface area contributed by atoms with Gasteiger partial charge in [0.05, 0.1) is 6.10 Å². The van der Waals surface area contributed by atoms with Crippen molar-refractivity contribution in [3.05, 3.63) is 53.6 Å². The molecule has 2 fully saturated rings. The summed E-state index contributed by atoms with van der Waals surface area (Å²) in [4.78, 5) is 32.3. The molecule has 0 bridgehead atoms. The Morgan fingerprint density at radius 2 is 1.89 bits per heavy atom. The maximum Gasteiger partial charge on any atom is 0.253 e. The Balaban J connectivity index is 1.18. The number of piperidine rings is 1. The molecule has 3 heterocycles. The molecule has 2 amide bonds. The van der Waals surface area contributed by atoms with Crippen LogP contribution in [-0.2, 0) is 9.53 Å². The highest BCUT2D eigenvalue weighted by Crippen LogP contribution is 2.28. The number of nitrogens with one attached hydrogen (secondary N) is 1. The van der Waals surface area contributed by atoms with Gasteiger partial charge in [-0.15, -0.1) is 0 Å². The van der Waals surface area contributed by atoms with Crippen molar-refractivity contribution >= 4 is 22.9 Å². The van der Waals surface area contributed by atoms with Gasteiger partial charge < -0.3 is 19.4 Å². The Morgan fingerprint density at radius 1 is 1.11 bits per heavy atom. The average Bonchev–Trinajstić information content (AvgIpc) is 3.56. The van der Waals surface area contributed by atoms with Gasteiger partial charge in [-0.3, -0.25) is 9.59 Å². The van der Waals surface area contributed by atoms with Crippen LogP contribution in [0, 0.1) is 18.8 Å². The second-order valence-corrected chi connectivity index (χ2v) is 9.87. The van der Waals surface area contributed by atoms with E-state index in [1.807, 2.05) is 61.2 Å². The van der Waals surface area contributed by atoms with E-state index in [4.69, 9.17) is 9.15 Å². The average molecular weight is 476 g/mol. The minimum atomic E-state index is -0.0691. The third-order valence-electron chi connectivity index (χ3n) is 7.41. The molecule has 0 spiro atoms. The van der Waals surface area contributed by atoms with Crippen molar-refractivity contribution in [1.29, 1.82) is 0 Å². The predicted molar refractivity (Wildman–Crippen MR) is 134 cm³/mol. The van der Waals surface area contributed by atoms with Gasteiger partial charge in [0.25, 0.3) is 5.91 Å². The summed E-state index contributed by atoms with van der Waals surface area (Å²) in [5.41, 5.74) is 4.05. The Kier molecular flexibility index (Phi) is 6.86. The Morgan fingerprint density at radius 3 is 2.60 bits per heavy atom. The summed E-state index contributed by atoms with van der Waals surface area (Å²) < 4.78 is 11.5. The van der Waals surface area contributed by atoms with Crippen LogP contribution in [0.15, 0.2) is 46.9 Å². The fourth-order valence-electron chi connectivity index (χ4n) is 5.06. The van der Waals surface area contributed by atoms with Gasteiger partial charge in [-0.25, -0.2) is 4.98 Å². The lowest BCUT2D eigenvalue weighted by Crippen LogP contribution is -2.43. The molecule has 0 unspecified atom stereocenters. The quantitative estimate of drug-likeness (QED) is 0.564. The van der Waals surface area contributed by atoms with Crippen molar-refractivity contribution in [3.8, 4) is 11.5 Å². The first-order chi connectivity index (χ1) is 17.0. The van der Waals surface area contributed by atoms with Crippen LogP contribution in [0.3, 0.4) is 0 Å². The molecule has 35 heavy (non-hydrogen) atoms. The van der Waals surface area contributed by atoms with E-state index in [1.54, 1.807) is 0 Å². The van der Waals surface area contributed by atoms with E-state index in [9.17, 15) is 9.59 Å². The lowest BCUT2D eigenvalue weighted by atomic mass is 9.84. The number of oxazole rings is 1. The molecule has 7 nitrogen and oxygen atoms in total. The summed E-state index contributed by atoms with van der Waals surface area (Å²) in [5, 5.41) is 3.05. The number of nitrogens with zero attached hydrogens (tertiary/aromatic N) is 2. The number of hydrogen-bond acceptors (Lipinski definition) is 5. The standard InChI is InChI=1S/C28H33N3O4/c1-18-5-7-21(8-6-18)27-30-24-16-22(9-10-25(24)35-27)28(33)31-13-11-20(12-14-31)19(2)26(32)29-17-23-4-3-15-34-23/h5-10,16,19-20,23H,3-4,11-15,17H2,1-2H3,(H,29,32)/t19-,23+/m1/s1. The van der Waals surface area contributed by atoms with Gasteiger partial charge in [0.15, 0.2) is 5.58 Å². The van der Waals surface area contributed by atoms with Crippen molar-refractivity contribution in [2.45, 2.75) is 45.6 Å². The molecule has 7 heteroatoms. The van der Waals surface area contributed by atoms with Crippen molar-refractivity contribution < 1.29 is 18.7 Å². The Hall–Kier alpha value is -3.19. The molecule has 5 rings (SSSR count). The topological polar surface area (TPSA) is 84.7 Å². The molecule has 1 N–H and O–H groups in total. The zero-order valence-corrected chi connectivity index (χ0v) is 20.5. The fourth-order valence-corrected chi connectivity index (χ4v) is 5.06. The number of carbonyl (C=O) groups excluding carboxylic acids is 2. The van der Waals surface area contributed by atoms with E-state index in [0.717, 1.165) is 37.9 Å². The summed E-state index contributed by atoms with van der Waals surface area (Å²) in [6, 6.07) is 13.5. The smallest absolute Gasteiger partial charge is 0.253 e. The van der Waals surface area contributed by atoms with Gasteiger partial charge in [-0.1, -0.05) is 24.6 Å². The summed E-state index contributed by atoms with van der Waals surface area (Å²) >= 11 is 0. The van der Waals surface area contributed by atoms with E-state index in [-0.39, 0.29) is 29.8 Å². The lowest BCUT2D eigenvalue weighted by molar-refractivity contribution is -0.127. The first-order valence-corrected chi connectivity index (χ1v) is 12.6. The SMILES string of the molecule is Cc1ccc(-c2nc3cc(C(=O)N4CCC([C@@H](C)C(=O)NC[C@@H]5CCCO5)CC4)ccc3o2)cc1. The first-order valence-electron chi connectivity index (χ1n) is 12.6. The first kappa shape index (κ1) is 23.5. The second-order valence-electron chi connectivity index (χ2n) is 9.87. The molecule has 0 radical (unpaired) electrons. The van der Waals surface area contributed by atoms with Crippen LogP contribution in [0.25, 0.3) is 22.6 Å². The maximum atomic E-state index is 13.2. The molecule has 1 aromatic heterocycles. The molecule has 3 aromatic rings. The largest absolute Gasteiger partial charge is 0.436 e. The van der Waals surface area contributed by atoms with E-state index < -0.39 is 0 Å². The van der Waals surface area contributed by atoms with E-state index in [2.05, 4.69) is 10.3 Å². The summed E-state index contributed by atoms with van der Waals surface area (Å²) in [5.74, 6) is 0.850. The van der Waals surface area contributed by atoms with Crippen LogP contribution in [0.4, 0.5) is 0 Å². The Labute approximate surface area is 205 Å². The molecule has 2 aliphatic rings. The van der Waals surface area contributed by atoms with Gasteiger partial charge in [0.1, 0.15) is 5.52 Å².